The van der Waals surface area contributed by atoms with Crippen molar-refractivity contribution in [2.45, 2.75) is 12.8 Å². The van der Waals surface area contributed by atoms with E-state index in [-0.39, 0.29) is 5.97 Å². The van der Waals surface area contributed by atoms with Crippen molar-refractivity contribution in [2.24, 2.45) is 0 Å². The standard InChI is InChI=1S/C21H18O4/c1-23-19-11-14-7-5-6-13(16(14)12-20(19)24-2)10-17-15-8-3-4-9-18(15)25-21(17)22/h3-4,6,8-12H,5,7H2,1-2H3/b17-10+. The van der Waals surface area contributed by atoms with Crippen LogP contribution in [0.2, 0.25) is 0 Å². The van der Waals surface area contributed by atoms with E-state index in [2.05, 4.69) is 6.08 Å². The van der Waals surface area contributed by atoms with E-state index >= 15 is 0 Å². The van der Waals surface area contributed by atoms with Gasteiger partial charge >= 0.3 is 5.97 Å². The summed E-state index contributed by atoms with van der Waals surface area (Å²) < 4.78 is 16.2. The number of hydrogen-bond acceptors (Lipinski definition) is 4. The number of benzene rings is 2. The summed E-state index contributed by atoms with van der Waals surface area (Å²) in [6.45, 7) is 0. The third-order valence-corrected chi connectivity index (χ3v) is 4.60. The summed E-state index contributed by atoms with van der Waals surface area (Å²) in [4.78, 5) is 12.3. The van der Waals surface area contributed by atoms with E-state index in [1.807, 2.05) is 42.5 Å². The van der Waals surface area contributed by atoms with Crippen molar-refractivity contribution in [1.29, 1.82) is 0 Å². The maximum absolute atomic E-state index is 12.3. The van der Waals surface area contributed by atoms with Gasteiger partial charge in [0.2, 0.25) is 0 Å². The topological polar surface area (TPSA) is 44.8 Å². The van der Waals surface area contributed by atoms with Gasteiger partial charge < -0.3 is 14.2 Å². The Morgan fingerprint density at radius 3 is 2.60 bits per heavy atom. The minimum atomic E-state index is -0.310. The summed E-state index contributed by atoms with van der Waals surface area (Å²) in [5, 5.41) is 0. The molecule has 4 heteroatoms. The molecule has 0 bridgehead atoms. The van der Waals surface area contributed by atoms with E-state index in [9.17, 15) is 4.79 Å². The average molecular weight is 334 g/mol. The fraction of sp³-hybridized carbons (Fsp3) is 0.190. The molecule has 25 heavy (non-hydrogen) atoms. The lowest BCUT2D eigenvalue weighted by atomic mass is 9.88. The van der Waals surface area contributed by atoms with Crippen molar-refractivity contribution in [3.8, 4) is 17.2 Å². The lowest BCUT2D eigenvalue weighted by Crippen LogP contribution is -2.04. The minimum absolute atomic E-state index is 0.310. The van der Waals surface area contributed by atoms with Gasteiger partial charge in [0.05, 0.1) is 19.8 Å². The van der Waals surface area contributed by atoms with Gasteiger partial charge in [0.25, 0.3) is 0 Å². The SMILES string of the molecule is COc1cc2c(cc1OC)C(/C=C1/C(=O)Oc3ccccc31)=CCC2. The van der Waals surface area contributed by atoms with Crippen LogP contribution in [0.1, 0.15) is 23.1 Å². The number of ether oxygens (including phenoxy) is 3. The lowest BCUT2D eigenvalue weighted by Gasteiger charge is -2.19. The van der Waals surface area contributed by atoms with Crippen LogP contribution >= 0.6 is 0 Å². The van der Waals surface area contributed by atoms with E-state index in [0.29, 0.717) is 17.1 Å². The molecule has 4 nitrogen and oxygen atoms in total. The summed E-state index contributed by atoms with van der Waals surface area (Å²) in [6, 6.07) is 11.5. The van der Waals surface area contributed by atoms with Gasteiger partial charge in [0.15, 0.2) is 11.5 Å². The van der Waals surface area contributed by atoms with Crippen molar-refractivity contribution >= 4 is 17.1 Å². The Kier molecular flexibility index (Phi) is 3.80. The third kappa shape index (κ3) is 2.60. The van der Waals surface area contributed by atoms with Crippen molar-refractivity contribution in [2.75, 3.05) is 14.2 Å². The van der Waals surface area contributed by atoms with Crippen LogP contribution in [0, 0.1) is 0 Å². The van der Waals surface area contributed by atoms with Gasteiger partial charge in [-0.3, -0.25) is 0 Å². The van der Waals surface area contributed by atoms with E-state index in [0.717, 1.165) is 35.3 Å². The predicted molar refractivity (Wildman–Crippen MR) is 95.9 cm³/mol. The first kappa shape index (κ1) is 15.5. The van der Waals surface area contributed by atoms with Gasteiger partial charge in [-0.2, -0.15) is 0 Å². The second kappa shape index (κ2) is 6.13. The Morgan fingerprint density at radius 1 is 1.04 bits per heavy atom. The highest BCUT2D eigenvalue weighted by Gasteiger charge is 2.27. The van der Waals surface area contributed by atoms with Gasteiger partial charge in [-0.05, 0) is 53.8 Å². The molecule has 1 heterocycles. The van der Waals surface area contributed by atoms with Gasteiger partial charge in [-0.1, -0.05) is 24.3 Å². The first-order valence-corrected chi connectivity index (χ1v) is 8.20. The fourth-order valence-electron chi connectivity index (χ4n) is 3.36. The molecule has 1 aliphatic heterocycles. The zero-order valence-corrected chi connectivity index (χ0v) is 14.2. The van der Waals surface area contributed by atoms with Crippen LogP contribution in [0.3, 0.4) is 0 Å². The van der Waals surface area contributed by atoms with Crippen molar-refractivity contribution in [3.63, 3.8) is 0 Å². The molecule has 0 unspecified atom stereocenters. The summed E-state index contributed by atoms with van der Waals surface area (Å²) >= 11 is 0. The van der Waals surface area contributed by atoms with Gasteiger partial charge in [0.1, 0.15) is 5.75 Å². The van der Waals surface area contributed by atoms with Crippen LogP contribution in [-0.2, 0) is 11.2 Å². The molecule has 0 saturated heterocycles. The number of esters is 1. The number of para-hydroxylation sites is 1. The van der Waals surface area contributed by atoms with Gasteiger partial charge in [-0.15, -0.1) is 0 Å². The molecule has 0 spiro atoms. The smallest absolute Gasteiger partial charge is 0.344 e. The van der Waals surface area contributed by atoms with Crippen molar-refractivity contribution in [3.05, 3.63) is 65.2 Å². The normalized spacial score (nSPS) is 16.8. The largest absolute Gasteiger partial charge is 0.493 e. The summed E-state index contributed by atoms with van der Waals surface area (Å²) in [7, 11) is 3.26. The molecule has 2 aromatic rings. The maximum Gasteiger partial charge on any atom is 0.344 e. The van der Waals surface area contributed by atoms with Crippen LogP contribution in [0.5, 0.6) is 17.2 Å². The molecule has 2 aliphatic rings. The summed E-state index contributed by atoms with van der Waals surface area (Å²) in [5.74, 6) is 1.71. The molecule has 0 saturated carbocycles. The summed E-state index contributed by atoms with van der Waals surface area (Å²) in [5.41, 5.74) is 4.68. The number of fused-ring (bicyclic) bond motifs is 2. The highest BCUT2D eigenvalue weighted by atomic mass is 16.5. The number of hydrogen-bond donors (Lipinski definition) is 0. The van der Waals surface area contributed by atoms with Crippen molar-refractivity contribution < 1.29 is 19.0 Å². The highest BCUT2D eigenvalue weighted by Crippen LogP contribution is 2.40. The number of carbonyl (C=O) groups is 1. The summed E-state index contributed by atoms with van der Waals surface area (Å²) in [6.07, 6.45) is 5.91. The number of methoxy groups -OCH3 is 2. The Morgan fingerprint density at radius 2 is 1.80 bits per heavy atom. The molecule has 0 N–H and O–H groups in total. The molecule has 4 rings (SSSR count). The first-order valence-electron chi connectivity index (χ1n) is 8.20. The van der Waals surface area contributed by atoms with Crippen LogP contribution in [0.25, 0.3) is 11.1 Å². The maximum atomic E-state index is 12.3. The number of carbonyl (C=O) groups excluding carboxylic acids is 1. The molecule has 0 radical (unpaired) electrons. The van der Waals surface area contributed by atoms with Crippen LogP contribution in [0.4, 0.5) is 0 Å². The first-order chi connectivity index (χ1) is 12.2. The average Bonchev–Trinajstić information content (AvgIpc) is 2.96. The van der Waals surface area contributed by atoms with Gasteiger partial charge in [-0.25, -0.2) is 4.79 Å². The molecule has 0 fully saturated rings. The number of rotatable bonds is 3. The predicted octanol–water partition coefficient (Wildman–Crippen LogP) is 4.04. The fourth-order valence-corrected chi connectivity index (χ4v) is 3.36. The molecular formula is C21H18O4. The molecule has 0 amide bonds. The molecule has 126 valence electrons. The number of allylic oxidation sites excluding steroid dienone is 3. The zero-order chi connectivity index (χ0) is 17.4. The lowest BCUT2D eigenvalue weighted by molar-refractivity contribution is -0.126. The Balaban J connectivity index is 1.81. The molecule has 2 aromatic carbocycles. The Hall–Kier alpha value is -3.01. The van der Waals surface area contributed by atoms with E-state index in [1.54, 1.807) is 14.2 Å². The monoisotopic (exact) mass is 334 g/mol. The Bertz CT molecular complexity index is 921. The van der Waals surface area contributed by atoms with E-state index in [4.69, 9.17) is 14.2 Å². The van der Waals surface area contributed by atoms with Crippen LogP contribution < -0.4 is 14.2 Å². The molecule has 0 atom stereocenters. The highest BCUT2D eigenvalue weighted by molar-refractivity contribution is 6.23. The third-order valence-electron chi connectivity index (χ3n) is 4.60. The van der Waals surface area contributed by atoms with Crippen LogP contribution in [0.15, 0.2) is 48.6 Å². The second-order valence-electron chi connectivity index (χ2n) is 6.01. The van der Waals surface area contributed by atoms with Gasteiger partial charge in [0, 0.05) is 5.56 Å². The molecular weight excluding hydrogens is 316 g/mol. The quantitative estimate of drug-likeness (QED) is 0.483. The number of aryl methyl sites for hydroxylation is 1. The minimum Gasteiger partial charge on any atom is -0.493 e. The Labute approximate surface area is 146 Å². The molecule has 0 aromatic heterocycles. The zero-order valence-electron chi connectivity index (χ0n) is 14.2. The van der Waals surface area contributed by atoms with Crippen molar-refractivity contribution in [1.82, 2.24) is 0 Å². The second-order valence-corrected chi connectivity index (χ2v) is 6.01. The van der Waals surface area contributed by atoms with E-state index in [1.165, 1.54) is 5.56 Å². The van der Waals surface area contributed by atoms with Crippen LogP contribution in [-0.4, -0.2) is 20.2 Å². The van der Waals surface area contributed by atoms with E-state index < -0.39 is 0 Å². The molecule has 1 aliphatic carbocycles.